The van der Waals surface area contributed by atoms with E-state index in [4.69, 9.17) is 5.41 Å². The number of aromatic carboxylic acids is 1. The third kappa shape index (κ3) is 4.31. The Morgan fingerprint density at radius 1 is 1.20 bits per heavy atom. The van der Waals surface area contributed by atoms with Crippen LogP contribution in [0.4, 0.5) is 17.2 Å². The van der Waals surface area contributed by atoms with Gasteiger partial charge in [-0.3, -0.25) is 0 Å². The molecule has 3 N–H and O–H groups in total. The first kappa shape index (κ1) is 20.7. The van der Waals surface area contributed by atoms with E-state index in [9.17, 15) is 9.90 Å². The summed E-state index contributed by atoms with van der Waals surface area (Å²) in [6, 6.07) is 11.3. The summed E-state index contributed by atoms with van der Waals surface area (Å²) in [5.74, 6) is -0.352. The number of carbonyl (C=O) groups is 1. The molecule has 0 unspecified atom stereocenters. The van der Waals surface area contributed by atoms with Crippen LogP contribution in [0.1, 0.15) is 48.2 Å². The summed E-state index contributed by atoms with van der Waals surface area (Å²) in [6.45, 7) is 1.73. The number of para-hydroxylation sites is 1. The van der Waals surface area contributed by atoms with Crippen molar-refractivity contribution in [3.05, 3.63) is 47.7 Å². The maximum Gasteiger partial charge on any atom is 0.354 e. The number of hydrogen-bond acceptors (Lipinski definition) is 6. The van der Waals surface area contributed by atoms with Crippen LogP contribution in [0.15, 0.2) is 36.4 Å². The number of rotatable bonds is 7. The Balaban J connectivity index is 1.79. The number of thioether (sulfide) groups is 1. The summed E-state index contributed by atoms with van der Waals surface area (Å²) in [5, 5.41) is 22.6. The minimum absolute atomic E-state index is 0.0144. The highest BCUT2D eigenvalue weighted by Gasteiger charge is 2.31. The maximum atomic E-state index is 11.9. The van der Waals surface area contributed by atoms with Gasteiger partial charge in [-0.15, -0.1) is 0 Å². The van der Waals surface area contributed by atoms with Crippen LogP contribution in [0.25, 0.3) is 0 Å². The van der Waals surface area contributed by atoms with Crippen molar-refractivity contribution in [3.63, 3.8) is 0 Å². The monoisotopic (exact) mass is 424 g/mol. The maximum absolute atomic E-state index is 11.9. The molecule has 2 fully saturated rings. The summed E-state index contributed by atoms with van der Waals surface area (Å²) in [7, 11) is 0. The van der Waals surface area contributed by atoms with Crippen molar-refractivity contribution in [2.24, 2.45) is 5.92 Å². The second kappa shape index (κ2) is 9.08. The van der Waals surface area contributed by atoms with Crippen molar-refractivity contribution in [1.29, 1.82) is 5.41 Å². The fourth-order valence-corrected chi connectivity index (χ4v) is 4.82. The average molecular weight is 425 g/mol. The molecule has 2 aliphatic rings. The molecular formula is C23H28N4O2S. The van der Waals surface area contributed by atoms with Crippen molar-refractivity contribution in [3.8, 4) is 0 Å². The standard InChI is InChI=1S/C23H28N4O2S/c1-30-17-10-12-27(13-11-17)19-14-18(23(28)29)26-22(25-16-8-3-2-4-9-16)20(19)21(24)15-6-5-7-15/h2-4,8-9,14-15,17,24H,5-7,10-13H2,1H3,(H,25,26)(H,28,29). The number of carboxylic acids is 1. The minimum atomic E-state index is -1.05. The van der Waals surface area contributed by atoms with Crippen LogP contribution in [0.2, 0.25) is 0 Å². The number of hydrogen-bond donors (Lipinski definition) is 3. The minimum Gasteiger partial charge on any atom is -0.477 e. The van der Waals surface area contributed by atoms with E-state index in [-0.39, 0.29) is 11.6 Å². The van der Waals surface area contributed by atoms with Crippen molar-refractivity contribution >= 4 is 40.6 Å². The van der Waals surface area contributed by atoms with E-state index in [2.05, 4.69) is 21.5 Å². The van der Waals surface area contributed by atoms with Crippen LogP contribution in [-0.2, 0) is 0 Å². The first-order valence-electron chi connectivity index (χ1n) is 10.5. The van der Waals surface area contributed by atoms with Crippen LogP contribution in [0.3, 0.4) is 0 Å². The fraction of sp³-hybridized carbons (Fsp3) is 0.435. The Bertz CT molecular complexity index is 922. The highest BCUT2D eigenvalue weighted by Crippen LogP contribution is 2.38. The molecule has 0 spiro atoms. The third-order valence-corrected chi connectivity index (χ3v) is 7.29. The van der Waals surface area contributed by atoms with E-state index < -0.39 is 5.97 Å². The molecule has 1 saturated heterocycles. The normalized spacial score (nSPS) is 17.4. The largest absolute Gasteiger partial charge is 0.477 e. The highest BCUT2D eigenvalue weighted by molar-refractivity contribution is 7.99. The molecule has 0 atom stereocenters. The van der Waals surface area contributed by atoms with Gasteiger partial charge in [0.15, 0.2) is 5.69 Å². The lowest BCUT2D eigenvalue weighted by atomic mass is 9.79. The summed E-state index contributed by atoms with van der Waals surface area (Å²) < 4.78 is 0. The molecule has 0 bridgehead atoms. The second-order valence-corrected chi connectivity index (χ2v) is 9.15. The van der Waals surface area contributed by atoms with Crippen LogP contribution >= 0.6 is 11.8 Å². The summed E-state index contributed by atoms with van der Waals surface area (Å²) in [5.41, 5.74) is 3.02. The molecule has 4 rings (SSSR count). The number of carboxylic acid groups (broad SMARTS) is 1. The molecule has 6 nitrogen and oxygen atoms in total. The molecule has 30 heavy (non-hydrogen) atoms. The number of nitrogens with one attached hydrogen (secondary N) is 2. The van der Waals surface area contributed by atoms with Crippen LogP contribution < -0.4 is 10.2 Å². The lowest BCUT2D eigenvalue weighted by Crippen LogP contribution is -2.37. The predicted molar refractivity (Wildman–Crippen MR) is 124 cm³/mol. The summed E-state index contributed by atoms with van der Waals surface area (Å²) in [6.07, 6.45) is 7.43. The lowest BCUT2D eigenvalue weighted by molar-refractivity contribution is 0.0690. The summed E-state index contributed by atoms with van der Waals surface area (Å²) >= 11 is 1.90. The van der Waals surface area contributed by atoms with Gasteiger partial charge in [0.2, 0.25) is 0 Å². The van der Waals surface area contributed by atoms with Crippen LogP contribution in [0.5, 0.6) is 0 Å². The molecular weight excluding hydrogens is 396 g/mol. The predicted octanol–water partition coefficient (Wildman–Crippen LogP) is 5.02. The van der Waals surface area contributed by atoms with Gasteiger partial charge in [0, 0.05) is 35.7 Å². The molecule has 1 aromatic carbocycles. The van der Waals surface area contributed by atoms with E-state index in [1.165, 1.54) is 0 Å². The quantitative estimate of drug-likeness (QED) is 0.541. The molecule has 0 radical (unpaired) electrons. The van der Waals surface area contributed by atoms with Gasteiger partial charge in [-0.05, 0) is 50.1 Å². The zero-order valence-corrected chi connectivity index (χ0v) is 18.0. The van der Waals surface area contributed by atoms with E-state index in [0.29, 0.717) is 16.8 Å². The molecule has 0 amide bonds. The van der Waals surface area contributed by atoms with Crippen molar-refractivity contribution in [1.82, 2.24) is 4.98 Å². The number of piperidine rings is 1. The van der Waals surface area contributed by atoms with Gasteiger partial charge < -0.3 is 20.7 Å². The van der Waals surface area contributed by atoms with E-state index in [1.54, 1.807) is 6.07 Å². The Hall–Kier alpha value is -2.54. The van der Waals surface area contributed by atoms with Gasteiger partial charge in [0.05, 0.1) is 11.3 Å². The van der Waals surface area contributed by atoms with Gasteiger partial charge in [-0.25, -0.2) is 9.78 Å². The van der Waals surface area contributed by atoms with Crippen molar-refractivity contribution in [2.75, 3.05) is 29.6 Å². The number of benzene rings is 1. The molecule has 1 saturated carbocycles. The first-order chi connectivity index (χ1) is 14.6. The Labute approximate surface area is 181 Å². The third-order valence-electron chi connectivity index (χ3n) is 6.15. The smallest absolute Gasteiger partial charge is 0.354 e. The molecule has 2 aromatic rings. The summed E-state index contributed by atoms with van der Waals surface area (Å²) in [4.78, 5) is 18.5. The van der Waals surface area contributed by atoms with Crippen LogP contribution in [-0.4, -0.2) is 46.4 Å². The van der Waals surface area contributed by atoms with Gasteiger partial charge in [0.25, 0.3) is 0 Å². The average Bonchev–Trinajstić information content (AvgIpc) is 2.72. The van der Waals surface area contributed by atoms with Crippen molar-refractivity contribution in [2.45, 2.75) is 37.4 Å². The second-order valence-electron chi connectivity index (χ2n) is 8.01. The van der Waals surface area contributed by atoms with Crippen LogP contribution in [0, 0.1) is 11.3 Å². The topological polar surface area (TPSA) is 89.3 Å². The molecule has 7 heteroatoms. The van der Waals surface area contributed by atoms with Gasteiger partial charge >= 0.3 is 5.97 Å². The van der Waals surface area contributed by atoms with Gasteiger partial charge in [-0.1, -0.05) is 24.6 Å². The Morgan fingerprint density at radius 3 is 2.47 bits per heavy atom. The fourth-order valence-electron chi connectivity index (χ4n) is 4.14. The van der Waals surface area contributed by atoms with Gasteiger partial charge in [-0.2, -0.15) is 11.8 Å². The number of aromatic nitrogens is 1. The Kier molecular flexibility index (Phi) is 6.27. The van der Waals surface area contributed by atoms with E-state index >= 15 is 0 Å². The lowest BCUT2D eigenvalue weighted by Gasteiger charge is -2.36. The molecule has 2 heterocycles. The van der Waals surface area contributed by atoms with E-state index in [0.717, 1.165) is 62.1 Å². The Morgan fingerprint density at radius 2 is 1.90 bits per heavy atom. The zero-order valence-electron chi connectivity index (χ0n) is 17.2. The molecule has 158 valence electrons. The van der Waals surface area contributed by atoms with Gasteiger partial charge in [0.1, 0.15) is 5.82 Å². The first-order valence-corrected chi connectivity index (χ1v) is 11.8. The molecule has 1 aliphatic heterocycles. The number of pyridine rings is 1. The molecule has 1 aliphatic carbocycles. The number of nitrogens with zero attached hydrogens (tertiary/aromatic N) is 2. The molecule has 1 aromatic heterocycles. The highest BCUT2D eigenvalue weighted by atomic mass is 32.2. The number of anilines is 3. The zero-order chi connectivity index (χ0) is 21.1. The SMILES string of the molecule is CSC1CCN(c2cc(C(=O)O)nc(Nc3ccccc3)c2C(=N)C2CCC2)CC1. The van der Waals surface area contributed by atoms with E-state index in [1.807, 2.05) is 42.1 Å². The van der Waals surface area contributed by atoms with Crippen molar-refractivity contribution < 1.29 is 9.90 Å².